The normalized spacial score (nSPS) is 22.1. The predicted octanol–water partition coefficient (Wildman–Crippen LogP) is 2.54. The van der Waals surface area contributed by atoms with Crippen LogP contribution in [0.1, 0.15) is 31.2 Å². The molecule has 0 radical (unpaired) electrons. The number of nitrogens with zero attached hydrogens (tertiary/aromatic N) is 1. The van der Waals surface area contributed by atoms with E-state index < -0.39 is 0 Å². The van der Waals surface area contributed by atoms with Gasteiger partial charge in [0.05, 0.1) is 0 Å². The Morgan fingerprint density at radius 1 is 1.21 bits per heavy atom. The van der Waals surface area contributed by atoms with Crippen LogP contribution in [-0.4, -0.2) is 47.8 Å². The first-order chi connectivity index (χ1) is 11.6. The lowest BCUT2D eigenvalue weighted by Gasteiger charge is -2.33. The van der Waals surface area contributed by atoms with Crippen LogP contribution in [0.25, 0.3) is 0 Å². The van der Waals surface area contributed by atoms with Gasteiger partial charge in [0.25, 0.3) is 0 Å². The molecule has 6 heteroatoms. The molecule has 0 saturated carbocycles. The molecule has 2 fully saturated rings. The van der Waals surface area contributed by atoms with Crippen molar-refractivity contribution in [3.8, 4) is 0 Å². The van der Waals surface area contributed by atoms with Crippen LogP contribution in [0.4, 0.5) is 4.79 Å². The topological polar surface area (TPSA) is 61.4 Å². The number of likely N-dealkylation sites (tertiary alicyclic amines) is 1. The largest absolute Gasteiger partial charge is 0.354 e. The molecule has 2 N–H and O–H groups in total. The molecule has 0 spiro atoms. The van der Waals surface area contributed by atoms with Crippen molar-refractivity contribution in [3.05, 3.63) is 29.8 Å². The highest BCUT2D eigenvalue weighted by molar-refractivity contribution is 8.00. The zero-order valence-electron chi connectivity index (χ0n) is 14.1. The van der Waals surface area contributed by atoms with Crippen LogP contribution < -0.4 is 10.6 Å². The summed E-state index contributed by atoms with van der Waals surface area (Å²) in [7, 11) is 0. The summed E-state index contributed by atoms with van der Waals surface area (Å²) >= 11 is 1.90. The minimum atomic E-state index is -0.370. The molecule has 0 aromatic heterocycles. The molecule has 3 amide bonds. The van der Waals surface area contributed by atoms with E-state index in [1.54, 1.807) is 0 Å². The van der Waals surface area contributed by atoms with Gasteiger partial charge in [0.2, 0.25) is 5.91 Å². The van der Waals surface area contributed by atoms with Gasteiger partial charge in [-0.3, -0.25) is 4.79 Å². The Morgan fingerprint density at radius 3 is 2.58 bits per heavy atom. The van der Waals surface area contributed by atoms with Gasteiger partial charge in [-0.1, -0.05) is 17.7 Å². The summed E-state index contributed by atoms with van der Waals surface area (Å²) in [4.78, 5) is 27.2. The molecule has 1 atom stereocenters. The highest BCUT2D eigenvalue weighted by atomic mass is 32.2. The van der Waals surface area contributed by atoms with Crippen LogP contribution in [-0.2, 0) is 4.79 Å². The summed E-state index contributed by atoms with van der Waals surface area (Å²) in [5.74, 6) is -0.0561. The van der Waals surface area contributed by atoms with Gasteiger partial charge < -0.3 is 15.5 Å². The molecular weight excluding hydrogens is 322 g/mol. The maximum Gasteiger partial charge on any atom is 0.318 e. The van der Waals surface area contributed by atoms with Gasteiger partial charge in [-0.15, -0.1) is 11.8 Å². The molecule has 130 valence electrons. The summed E-state index contributed by atoms with van der Waals surface area (Å²) < 4.78 is 0. The molecule has 2 aliphatic heterocycles. The quantitative estimate of drug-likeness (QED) is 0.883. The Balaban J connectivity index is 1.45. The molecule has 5 nitrogen and oxygen atoms in total. The van der Waals surface area contributed by atoms with Crippen molar-refractivity contribution < 1.29 is 9.59 Å². The first kappa shape index (κ1) is 17.1. The number of urea groups is 1. The molecule has 2 saturated heterocycles. The second kappa shape index (κ2) is 7.92. The smallest absolute Gasteiger partial charge is 0.318 e. The van der Waals surface area contributed by atoms with Crippen molar-refractivity contribution in [2.45, 2.75) is 48.8 Å². The first-order valence-electron chi connectivity index (χ1n) is 8.68. The zero-order valence-corrected chi connectivity index (χ0v) is 14.9. The van der Waals surface area contributed by atoms with Crippen LogP contribution in [0.2, 0.25) is 0 Å². The fraction of sp³-hybridized carbons (Fsp3) is 0.556. The number of nitrogens with one attached hydrogen (secondary N) is 2. The van der Waals surface area contributed by atoms with E-state index >= 15 is 0 Å². The molecule has 0 bridgehead atoms. The molecule has 1 aromatic rings. The fourth-order valence-corrected chi connectivity index (χ4v) is 4.26. The standard InChI is InChI=1S/C18H25N3O2S/c1-13-4-6-14(7-5-13)24-15-8-11-21(12-9-15)18(23)20-16-3-2-10-19-17(16)22/h4-7,15-16H,2-3,8-12H2,1H3,(H,19,22)(H,20,23)/t16-/m1/s1. The maximum absolute atomic E-state index is 12.3. The number of benzene rings is 1. The summed E-state index contributed by atoms with van der Waals surface area (Å²) in [5.41, 5.74) is 1.28. The second-order valence-electron chi connectivity index (χ2n) is 6.55. The number of amides is 3. The van der Waals surface area contributed by atoms with Crippen molar-refractivity contribution in [3.63, 3.8) is 0 Å². The Bertz CT molecular complexity index is 582. The third-order valence-electron chi connectivity index (χ3n) is 4.64. The monoisotopic (exact) mass is 347 g/mol. The van der Waals surface area contributed by atoms with E-state index in [2.05, 4.69) is 41.8 Å². The summed E-state index contributed by atoms with van der Waals surface area (Å²) in [6.45, 7) is 4.32. The first-order valence-corrected chi connectivity index (χ1v) is 9.56. The fourth-order valence-electron chi connectivity index (χ4n) is 3.14. The van der Waals surface area contributed by atoms with E-state index in [4.69, 9.17) is 0 Å². The SMILES string of the molecule is Cc1ccc(SC2CCN(C(=O)N[C@@H]3CCCNC3=O)CC2)cc1. The van der Waals surface area contributed by atoms with Gasteiger partial charge in [-0.05, 0) is 44.7 Å². The number of aryl methyl sites for hydroxylation is 1. The summed E-state index contributed by atoms with van der Waals surface area (Å²) in [6, 6.07) is 8.14. The lowest BCUT2D eigenvalue weighted by Crippen LogP contribution is -2.54. The third kappa shape index (κ3) is 4.44. The number of hydrogen-bond acceptors (Lipinski definition) is 3. The van der Waals surface area contributed by atoms with Crippen molar-refractivity contribution in [1.29, 1.82) is 0 Å². The second-order valence-corrected chi connectivity index (χ2v) is 7.93. The van der Waals surface area contributed by atoms with E-state index in [1.807, 2.05) is 16.7 Å². The Hall–Kier alpha value is -1.69. The van der Waals surface area contributed by atoms with Crippen molar-refractivity contribution in [1.82, 2.24) is 15.5 Å². The van der Waals surface area contributed by atoms with Gasteiger partial charge in [0.1, 0.15) is 6.04 Å². The molecule has 0 aliphatic carbocycles. The summed E-state index contributed by atoms with van der Waals surface area (Å²) in [5, 5.41) is 6.23. The Kier molecular flexibility index (Phi) is 5.66. The van der Waals surface area contributed by atoms with Crippen molar-refractivity contribution in [2.24, 2.45) is 0 Å². The van der Waals surface area contributed by atoms with Crippen LogP contribution >= 0.6 is 11.8 Å². The molecule has 3 rings (SSSR count). The van der Waals surface area contributed by atoms with Crippen LogP contribution in [0.5, 0.6) is 0 Å². The minimum absolute atomic E-state index is 0.0561. The van der Waals surface area contributed by atoms with E-state index in [-0.39, 0.29) is 18.0 Å². The number of carbonyl (C=O) groups is 2. The van der Waals surface area contributed by atoms with Crippen LogP contribution in [0.3, 0.4) is 0 Å². The summed E-state index contributed by atoms with van der Waals surface area (Å²) in [6.07, 6.45) is 3.63. The van der Waals surface area contributed by atoms with Crippen molar-refractivity contribution >= 4 is 23.7 Å². The maximum atomic E-state index is 12.3. The van der Waals surface area contributed by atoms with Gasteiger partial charge in [-0.2, -0.15) is 0 Å². The number of carbonyl (C=O) groups excluding carboxylic acids is 2. The minimum Gasteiger partial charge on any atom is -0.354 e. The number of piperidine rings is 2. The Morgan fingerprint density at radius 2 is 1.92 bits per heavy atom. The number of thioether (sulfide) groups is 1. The molecule has 2 heterocycles. The van der Waals surface area contributed by atoms with Crippen LogP contribution in [0, 0.1) is 6.92 Å². The predicted molar refractivity (Wildman–Crippen MR) is 96.2 cm³/mol. The number of hydrogen-bond donors (Lipinski definition) is 2. The third-order valence-corrected chi connectivity index (χ3v) is 5.99. The Labute approximate surface area is 147 Å². The molecule has 24 heavy (non-hydrogen) atoms. The highest BCUT2D eigenvalue weighted by Crippen LogP contribution is 2.30. The highest BCUT2D eigenvalue weighted by Gasteiger charge is 2.28. The lowest BCUT2D eigenvalue weighted by atomic mass is 10.1. The van der Waals surface area contributed by atoms with Crippen LogP contribution in [0.15, 0.2) is 29.2 Å². The van der Waals surface area contributed by atoms with Gasteiger partial charge in [0, 0.05) is 29.8 Å². The van der Waals surface area contributed by atoms with Gasteiger partial charge >= 0.3 is 6.03 Å². The van der Waals surface area contributed by atoms with Gasteiger partial charge in [-0.25, -0.2) is 4.79 Å². The molecule has 0 unspecified atom stereocenters. The molecule has 1 aromatic carbocycles. The van der Waals surface area contributed by atoms with E-state index in [0.717, 1.165) is 38.8 Å². The zero-order chi connectivity index (χ0) is 16.9. The molecular formula is C18H25N3O2S. The van der Waals surface area contributed by atoms with E-state index in [9.17, 15) is 9.59 Å². The van der Waals surface area contributed by atoms with Gasteiger partial charge in [0.15, 0.2) is 0 Å². The average molecular weight is 347 g/mol. The average Bonchev–Trinajstić information content (AvgIpc) is 2.59. The molecule has 2 aliphatic rings. The van der Waals surface area contributed by atoms with Crippen molar-refractivity contribution in [2.75, 3.05) is 19.6 Å². The van der Waals surface area contributed by atoms with E-state index in [1.165, 1.54) is 10.5 Å². The lowest BCUT2D eigenvalue weighted by molar-refractivity contribution is -0.124. The van der Waals surface area contributed by atoms with E-state index in [0.29, 0.717) is 11.8 Å². The number of rotatable bonds is 3.